The molecule has 2 N–H and O–H groups in total. The van der Waals surface area contributed by atoms with Gasteiger partial charge in [0, 0.05) is 44.9 Å². The monoisotopic (exact) mass is 325 g/mol. The molecule has 2 fully saturated rings. The molecule has 2 atom stereocenters. The lowest BCUT2D eigenvalue weighted by molar-refractivity contribution is -0.0823. The van der Waals surface area contributed by atoms with E-state index in [1.54, 1.807) is 0 Å². The van der Waals surface area contributed by atoms with Crippen LogP contribution in [-0.2, 0) is 9.47 Å². The van der Waals surface area contributed by atoms with Crippen molar-refractivity contribution in [2.24, 2.45) is 16.3 Å². The highest BCUT2D eigenvalue weighted by atomic mass is 16.5. The summed E-state index contributed by atoms with van der Waals surface area (Å²) in [6.07, 6.45) is 4.77. The Balaban J connectivity index is 1.94. The fourth-order valence-corrected chi connectivity index (χ4v) is 3.55. The Morgan fingerprint density at radius 2 is 1.87 bits per heavy atom. The van der Waals surface area contributed by atoms with E-state index in [1.807, 2.05) is 0 Å². The van der Waals surface area contributed by atoms with Crippen LogP contribution in [0.3, 0.4) is 0 Å². The minimum Gasteiger partial charge on any atom is -0.381 e. The molecule has 0 aromatic rings. The van der Waals surface area contributed by atoms with Crippen molar-refractivity contribution in [1.82, 2.24) is 10.6 Å². The highest BCUT2D eigenvalue weighted by molar-refractivity contribution is 5.80. The smallest absolute Gasteiger partial charge is 0.191 e. The molecule has 0 bridgehead atoms. The minimum absolute atomic E-state index is 0.174. The lowest BCUT2D eigenvalue weighted by atomic mass is 9.78. The van der Waals surface area contributed by atoms with Gasteiger partial charge in [-0.05, 0) is 38.0 Å². The summed E-state index contributed by atoms with van der Waals surface area (Å²) in [4.78, 5) is 4.87. The SMILES string of the molecule is CCNC(=NCC1CCCOC1C(C)(C)C)NC1CCOCC1. The van der Waals surface area contributed by atoms with Crippen LogP contribution in [0.2, 0.25) is 0 Å². The Labute approximate surface area is 141 Å². The molecule has 0 spiro atoms. The van der Waals surface area contributed by atoms with Gasteiger partial charge in [-0.2, -0.15) is 0 Å². The molecule has 2 unspecified atom stereocenters. The second kappa shape index (κ2) is 8.88. The molecule has 0 radical (unpaired) electrons. The number of rotatable bonds is 4. The van der Waals surface area contributed by atoms with Gasteiger partial charge >= 0.3 is 0 Å². The molecule has 0 aromatic heterocycles. The van der Waals surface area contributed by atoms with Crippen molar-refractivity contribution in [1.29, 1.82) is 0 Å². The summed E-state index contributed by atoms with van der Waals surface area (Å²) in [5.41, 5.74) is 0.174. The van der Waals surface area contributed by atoms with Gasteiger partial charge in [-0.3, -0.25) is 4.99 Å². The van der Waals surface area contributed by atoms with E-state index in [4.69, 9.17) is 14.5 Å². The summed E-state index contributed by atoms with van der Waals surface area (Å²) in [6, 6.07) is 0.475. The van der Waals surface area contributed by atoms with Crippen LogP contribution < -0.4 is 10.6 Å². The summed E-state index contributed by atoms with van der Waals surface area (Å²) in [7, 11) is 0. The molecular weight excluding hydrogens is 290 g/mol. The van der Waals surface area contributed by atoms with Crippen molar-refractivity contribution < 1.29 is 9.47 Å². The fourth-order valence-electron chi connectivity index (χ4n) is 3.55. The zero-order valence-electron chi connectivity index (χ0n) is 15.4. The van der Waals surface area contributed by atoms with E-state index in [1.165, 1.54) is 6.42 Å². The molecule has 0 amide bonds. The van der Waals surface area contributed by atoms with Crippen LogP contribution in [0.25, 0.3) is 0 Å². The van der Waals surface area contributed by atoms with E-state index < -0.39 is 0 Å². The van der Waals surface area contributed by atoms with Crippen LogP contribution in [0.5, 0.6) is 0 Å². The molecule has 5 nitrogen and oxygen atoms in total. The standard InChI is InChI=1S/C18H35N3O2/c1-5-19-17(21-15-8-11-22-12-9-15)20-13-14-7-6-10-23-16(14)18(2,3)4/h14-16H,5-13H2,1-4H3,(H2,19,20,21). The molecule has 2 aliphatic rings. The van der Waals surface area contributed by atoms with E-state index in [9.17, 15) is 0 Å². The first-order chi connectivity index (χ1) is 11.0. The van der Waals surface area contributed by atoms with Crippen LogP contribution in [0.4, 0.5) is 0 Å². The van der Waals surface area contributed by atoms with Crippen molar-refractivity contribution in [2.45, 2.75) is 65.5 Å². The number of guanidine groups is 1. The zero-order chi connectivity index (χ0) is 16.7. The van der Waals surface area contributed by atoms with Crippen LogP contribution >= 0.6 is 0 Å². The van der Waals surface area contributed by atoms with Gasteiger partial charge in [0.15, 0.2) is 5.96 Å². The molecule has 0 aromatic carbocycles. The van der Waals surface area contributed by atoms with E-state index in [0.717, 1.165) is 58.1 Å². The van der Waals surface area contributed by atoms with Gasteiger partial charge in [0.2, 0.25) is 0 Å². The highest BCUT2D eigenvalue weighted by Crippen LogP contribution is 2.34. The van der Waals surface area contributed by atoms with Crippen molar-refractivity contribution in [3.8, 4) is 0 Å². The maximum atomic E-state index is 6.07. The van der Waals surface area contributed by atoms with E-state index in [2.05, 4.69) is 38.3 Å². The Morgan fingerprint density at radius 3 is 2.52 bits per heavy atom. The van der Waals surface area contributed by atoms with Crippen LogP contribution in [-0.4, -0.2) is 51.0 Å². The first-order valence-corrected chi connectivity index (χ1v) is 9.25. The molecule has 2 aliphatic heterocycles. The molecule has 0 aliphatic carbocycles. The third-order valence-corrected chi connectivity index (χ3v) is 4.69. The largest absolute Gasteiger partial charge is 0.381 e. The first-order valence-electron chi connectivity index (χ1n) is 9.25. The summed E-state index contributed by atoms with van der Waals surface area (Å²) < 4.78 is 11.5. The van der Waals surface area contributed by atoms with Crippen molar-refractivity contribution >= 4 is 5.96 Å². The average Bonchev–Trinajstić information content (AvgIpc) is 2.53. The fraction of sp³-hybridized carbons (Fsp3) is 0.944. The normalized spacial score (nSPS) is 27.7. The van der Waals surface area contributed by atoms with Gasteiger partial charge in [0.05, 0.1) is 6.10 Å². The Kier molecular flexibility index (Phi) is 7.15. The molecule has 5 heteroatoms. The maximum Gasteiger partial charge on any atom is 0.191 e. The van der Waals surface area contributed by atoms with Gasteiger partial charge in [0.25, 0.3) is 0 Å². The number of ether oxygens (including phenoxy) is 2. The summed E-state index contributed by atoms with van der Waals surface area (Å²) in [5, 5.41) is 6.95. The molecular formula is C18H35N3O2. The lowest BCUT2D eigenvalue weighted by Crippen LogP contribution is -2.46. The molecule has 2 rings (SSSR count). The molecule has 23 heavy (non-hydrogen) atoms. The topological polar surface area (TPSA) is 54.9 Å². The maximum absolute atomic E-state index is 6.07. The predicted octanol–water partition coefficient (Wildman–Crippen LogP) is 2.56. The van der Waals surface area contributed by atoms with E-state index >= 15 is 0 Å². The number of hydrogen-bond donors (Lipinski definition) is 2. The molecule has 134 valence electrons. The average molecular weight is 325 g/mol. The highest BCUT2D eigenvalue weighted by Gasteiger charge is 2.35. The van der Waals surface area contributed by atoms with Crippen LogP contribution in [0, 0.1) is 11.3 Å². The van der Waals surface area contributed by atoms with Crippen LogP contribution in [0.15, 0.2) is 4.99 Å². The second-order valence-corrected chi connectivity index (χ2v) is 7.81. The van der Waals surface area contributed by atoms with Crippen molar-refractivity contribution in [2.75, 3.05) is 32.9 Å². The van der Waals surface area contributed by atoms with Gasteiger partial charge in [0.1, 0.15) is 0 Å². The Hall–Kier alpha value is -0.810. The molecule has 2 heterocycles. The Morgan fingerprint density at radius 1 is 1.13 bits per heavy atom. The van der Waals surface area contributed by atoms with E-state index in [0.29, 0.717) is 18.1 Å². The summed E-state index contributed by atoms with van der Waals surface area (Å²) in [6.45, 7) is 13.2. The first kappa shape index (κ1) is 18.5. The summed E-state index contributed by atoms with van der Waals surface area (Å²) in [5.74, 6) is 1.45. The molecule has 2 saturated heterocycles. The number of nitrogens with one attached hydrogen (secondary N) is 2. The van der Waals surface area contributed by atoms with Gasteiger partial charge in [-0.1, -0.05) is 20.8 Å². The minimum atomic E-state index is 0.174. The third-order valence-electron chi connectivity index (χ3n) is 4.69. The van der Waals surface area contributed by atoms with Gasteiger partial charge in [-0.15, -0.1) is 0 Å². The quantitative estimate of drug-likeness (QED) is 0.616. The number of nitrogens with zero attached hydrogens (tertiary/aromatic N) is 1. The second-order valence-electron chi connectivity index (χ2n) is 7.81. The van der Waals surface area contributed by atoms with Crippen molar-refractivity contribution in [3.05, 3.63) is 0 Å². The summed E-state index contributed by atoms with van der Waals surface area (Å²) >= 11 is 0. The number of aliphatic imine (C=N–C) groups is 1. The zero-order valence-corrected chi connectivity index (χ0v) is 15.4. The van der Waals surface area contributed by atoms with Gasteiger partial charge in [-0.25, -0.2) is 0 Å². The number of hydrogen-bond acceptors (Lipinski definition) is 3. The predicted molar refractivity (Wildman–Crippen MR) is 94.9 cm³/mol. The van der Waals surface area contributed by atoms with Gasteiger partial charge < -0.3 is 20.1 Å². The molecule has 0 saturated carbocycles. The van der Waals surface area contributed by atoms with Crippen LogP contribution in [0.1, 0.15) is 53.4 Å². The van der Waals surface area contributed by atoms with Crippen molar-refractivity contribution in [3.63, 3.8) is 0 Å². The third kappa shape index (κ3) is 5.96. The lowest BCUT2D eigenvalue weighted by Gasteiger charge is -2.39. The Bertz CT molecular complexity index is 373. The van der Waals surface area contributed by atoms with E-state index in [-0.39, 0.29) is 5.41 Å².